The molecule has 0 amide bonds. The lowest BCUT2D eigenvalue weighted by molar-refractivity contribution is -0.138. The zero-order valence-corrected chi connectivity index (χ0v) is 19.6. The molecule has 4 N–H and O–H groups in total. The highest BCUT2D eigenvalue weighted by Gasteiger charge is 2.26. The summed E-state index contributed by atoms with van der Waals surface area (Å²) in [6, 6.07) is -0.737. The molecule has 0 radical (unpaired) electrons. The third-order valence-electron chi connectivity index (χ3n) is 5.78. The van der Waals surface area contributed by atoms with E-state index < -0.39 is 12.0 Å². The van der Waals surface area contributed by atoms with E-state index in [2.05, 4.69) is 76.4 Å². The summed E-state index contributed by atoms with van der Waals surface area (Å²) in [5, 5.41) is 12.1. The average molecular weight is 415 g/mol. The molecular formula is C26H42N2O2. The summed E-state index contributed by atoms with van der Waals surface area (Å²) in [6.07, 6.45) is 19.2. The van der Waals surface area contributed by atoms with Crippen molar-refractivity contribution in [3.05, 3.63) is 58.7 Å². The van der Waals surface area contributed by atoms with Crippen LogP contribution in [-0.2, 0) is 4.79 Å². The van der Waals surface area contributed by atoms with Crippen molar-refractivity contribution < 1.29 is 9.90 Å². The molecule has 0 aromatic heterocycles. The highest BCUT2D eigenvalue weighted by molar-refractivity contribution is 5.72. The number of aliphatic carboxylic acids is 1. The second-order valence-corrected chi connectivity index (χ2v) is 9.13. The number of carboxylic acids is 1. The molecule has 0 fully saturated rings. The first-order chi connectivity index (χ1) is 14.1. The molecule has 0 aromatic carbocycles. The highest BCUT2D eigenvalue weighted by Crippen LogP contribution is 2.40. The molecule has 0 heterocycles. The summed E-state index contributed by atoms with van der Waals surface area (Å²) in [5.41, 5.74) is 11.3. The van der Waals surface area contributed by atoms with Gasteiger partial charge < -0.3 is 16.2 Å². The van der Waals surface area contributed by atoms with Crippen LogP contribution in [0.15, 0.2) is 58.7 Å². The van der Waals surface area contributed by atoms with Crippen molar-refractivity contribution in [1.29, 1.82) is 0 Å². The van der Waals surface area contributed by atoms with E-state index in [-0.39, 0.29) is 5.41 Å². The van der Waals surface area contributed by atoms with E-state index in [1.54, 1.807) is 0 Å². The smallest absolute Gasteiger partial charge is 0.320 e. The monoisotopic (exact) mass is 414 g/mol. The summed E-state index contributed by atoms with van der Waals surface area (Å²) in [4.78, 5) is 10.7. The molecule has 4 heteroatoms. The molecule has 1 rings (SSSR count). The van der Waals surface area contributed by atoms with Crippen LogP contribution in [0.4, 0.5) is 0 Å². The summed E-state index contributed by atoms with van der Waals surface area (Å²) in [7, 11) is 0. The van der Waals surface area contributed by atoms with Gasteiger partial charge in [0, 0.05) is 6.54 Å². The first-order valence-electron chi connectivity index (χ1n) is 11.2. The second kappa shape index (κ2) is 13.4. The molecule has 168 valence electrons. The van der Waals surface area contributed by atoms with Crippen LogP contribution in [-0.4, -0.2) is 30.2 Å². The number of carbonyl (C=O) groups is 1. The molecule has 0 aromatic rings. The number of nitrogens with one attached hydrogen (secondary N) is 1. The van der Waals surface area contributed by atoms with Crippen LogP contribution >= 0.6 is 0 Å². The van der Waals surface area contributed by atoms with Crippen LogP contribution in [0.3, 0.4) is 0 Å². The lowest BCUT2D eigenvalue weighted by Crippen LogP contribution is -2.30. The number of unbranched alkanes of at least 4 members (excludes halogenated alkanes) is 1. The van der Waals surface area contributed by atoms with Crippen molar-refractivity contribution in [1.82, 2.24) is 5.32 Å². The molecule has 30 heavy (non-hydrogen) atoms. The minimum Gasteiger partial charge on any atom is -0.480 e. The van der Waals surface area contributed by atoms with Gasteiger partial charge in [0.25, 0.3) is 0 Å². The van der Waals surface area contributed by atoms with Gasteiger partial charge in [-0.05, 0) is 70.4 Å². The Morgan fingerprint density at radius 2 is 1.97 bits per heavy atom. The summed E-state index contributed by atoms with van der Waals surface area (Å²) in [5.74, 6) is -0.918. The Hall–Kier alpha value is -1.91. The number of carboxylic acid groups (broad SMARTS) is 1. The average Bonchev–Trinajstić information content (AvgIpc) is 2.66. The van der Waals surface area contributed by atoms with Gasteiger partial charge in [0.1, 0.15) is 6.04 Å². The number of hydrogen-bond donors (Lipinski definition) is 3. The highest BCUT2D eigenvalue weighted by atomic mass is 16.4. The minimum absolute atomic E-state index is 0.281. The Bertz CT molecular complexity index is 709. The van der Waals surface area contributed by atoms with E-state index in [0.29, 0.717) is 6.42 Å². The fraction of sp³-hybridized carbons (Fsp3) is 0.577. The van der Waals surface area contributed by atoms with Crippen LogP contribution in [0.5, 0.6) is 0 Å². The lowest BCUT2D eigenvalue weighted by Gasteiger charge is -2.32. The van der Waals surface area contributed by atoms with E-state index in [1.807, 2.05) is 0 Å². The molecule has 1 aliphatic rings. The standard InChI is InChI=1S/C26H42N2O2/c1-20(14-15-23-22(3)12-9-17-26(23,4)5)10-8-11-21(2)16-19-28-18-7-6-13-24(27)25(29)30/h8,10-11,14-16,24,28H,6-7,9,12-13,17-19,27H2,1-5H3,(H,29,30)/b11-8+,15-14+,20-10+,21-16+. The third-order valence-corrected chi connectivity index (χ3v) is 5.78. The molecule has 0 saturated heterocycles. The quantitative estimate of drug-likeness (QED) is 0.283. The van der Waals surface area contributed by atoms with Crippen molar-refractivity contribution in [2.75, 3.05) is 13.1 Å². The van der Waals surface area contributed by atoms with Gasteiger partial charge in [-0.15, -0.1) is 0 Å². The third kappa shape index (κ3) is 10.2. The Morgan fingerprint density at radius 3 is 2.63 bits per heavy atom. The van der Waals surface area contributed by atoms with E-state index in [4.69, 9.17) is 10.8 Å². The second-order valence-electron chi connectivity index (χ2n) is 9.13. The topological polar surface area (TPSA) is 75.3 Å². The van der Waals surface area contributed by atoms with Gasteiger partial charge in [-0.1, -0.05) is 73.4 Å². The summed E-state index contributed by atoms with van der Waals surface area (Å²) in [6.45, 7) is 12.9. The van der Waals surface area contributed by atoms with Crippen LogP contribution in [0.2, 0.25) is 0 Å². The number of nitrogens with two attached hydrogens (primary N) is 1. The number of hydrogen-bond acceptors (Lipinski definition) is 3. The van der Waals surface area contributed by atoms with Gasteiger partial charge in [-0.25, -0.2) is 0 Å². The zero-order chi connectivity index (χ0) is 22.6. The molecule has 4 nitrogen and oxygen atoms in total. The zero-order valence-electron chi connectivity index (χ0n) is 19.6. The molecule has 0 spiro atoms. The molecule has 0 aliphatic heterocycles. The number of rotatable bonds is 12. The lowest BCUT2D eigenvalue weighted by atomic mass is 9.72. The van der Waals surface area contributed by atoms with Crippen molar-refractivity contribution in [2.24, 2.45) is 11.1 Å². The summed E-state index contributed by atoms with van der Waals surface area (Å²) >= 11 is 0. The predicted molar refractivity (Wildman–Crippen MR) is 128 cm³/mol. The van der Waals surface area contributed by atoms with E-state index in [9.17, 15) is 4.79 Å². The van der Waals surface area contributed by atoms with E-state index in [0.717, 1.165) is 25.9 Å². The van der Waals surface area contributed by atoms with Crippen LogP contribution in [0.1, 0.15) is 73.1 Å². The maximum absolute atomic E-state index is 10.7. The van der Waals surface area contributed by atoms with Crippen molar-refractivity contribution in [3.63, 3.8) is 0 Å². The van der Waals surface area contributed by atoms with Crippen LogP contribution in [0.25, 0.3) is 0 Å². The fourth-order valence-corrected chi connectivity index (χ4v) is 3.77. The van der Waals surface area contributed by atoms with Crippen molar-refractivity contribution in [3.8, 4) is 0 Å². The van der Waals surface area contributed by atoms with Gasteiger partial charge in [0.15, 0.2) is 0 Å². The first-order valence-corrected chi connectivity index (χ1v) is 11.2. The maximum atomic E-state index is 10.7. The molecule has 0 saturated carbocycles. The number of allylic oxidation sites excluding steroid dienone is 9. The molecular weight excluding hydrogens is 372 g/mol. The minimum atomic E-state index is -0.918. The van der Waals surface area contributed by atoms with Crippen LogP contribution in [0, 0.1) is 5.41 Å². The molecule has 1 atom stereocenters. The Morgan fingerprint density at radius 1 is 1.23 bits per heavy atom. The van der Waals surface area contributed by atoms with Crippen LogP contribution < -0.4 is 11.1 Å². The Labute approximate surface area is 183 Å². The fourth-order valence-electron chi connectivity index (χ4n) is 3.77. The van der Waals surface area contributed by atoms with Crippen molar-refractivity contribution >= 4 is 5.97 Å². The molecule has 1 aliphatic carbocycles. The Kier molecular flexibility index (Phi) is 11.7. The van der Waals surface area contributed by atoms with Gasteiger partial charge >= 0.3 is 5.97 Å². The normalized spacial score (nSPS) is 19.1. The Balaban J connectivity index is 2.37. The van der Waals surface area contributed by atoms with Gasteiger partial charge in [-0.3, -0.25) is 4.79 Å². The van der Waals surface area contributed by atoms with Gasteiger partial charge in [-0.2, -0.15) is 0 Å². The van der Waals surface area contributed by atoms with Gasteiger partial charge in [0.2, 0.25) is 0 Å². The van der Waals surface area contributed by atoms with Crippen molar-refractivity contribution in [2.45, 2.75) is 79.2 Å². The van der Waals surface area contributed by atoms with E-state index >= 15 is 0 Å². The molecule has 1 unspecified atom stereocenters. The first kappa shape index (κ1) is 26.1. The van der Waals surface area contributed by atoms with E-state index in [1.165, 1.54) is 41.6 Å². The van der Waals surface area contributed by atoms with Gasteiger partial charge in [0.05, 0.1) is 0 Å². The largest absolute Gasteiger partial charge is 0.480 e. The summed E-state index contributed by atoms with van der Waals surface area (Å²) < 4.78 is 0. The maximum Gasteiger partial charge on any atom is 0.320 e. The predicted octanol–water partition coefficient (Wildman–Crippen LogP) is 5.69. The molecule has 0 bridgehead atoms. The SMILES string of the molecule is CC1=C(/C=C/C(C)=C/C=C/C(C)=C/CNCCCCC(N)C(=O)O)C(C)(C)CCC1.